The molecular weight excluding hydrogens is 347 g/mol. The number of pyridine rings is 1. The first-order chi connectivity index (χ1) is 12.8. The number of rotatable bonds is 8. The zero-order valence-corrected chi connectivity index (χ0v) is 16.0. The third-order valence-corrected chi connectivity index (χ3v) is 5.03. The predicted octanol–water partition coefficient (Wildman–Crippen LogP) is 2.77. The first-order valence-electron chi connectivity index (χ1n) is 9.21. The summed E-state index contributed by atoms with van der Waals surface area (Å²) in [4.78, 5) is 11.4. The molecule has 0 aliphatic carbocycles. The fraction of sp³-hybridized carbons (Fsp3) is 0.450. The highest BCUT2D eigenvalue weighted by Gasteiger charge is 2.19. The van der Waals surface area contributed by atoms with E-state index in [1.807, 2.05) is 30.5 Å². The molecule has 0 bridgehead atoms. The minimum Gasteiger partial charge on any atom is -0.367 e. The number of hydrogen-bond donors (Lipinski definition) is 1. The van der Waals surface area contributed by atoms with Crippen molar-refractivity contribution in [3.05, 3.63) is 60.2 Å². The van der Waals surface area contributed by atoms with Gasteiger partial charge in [-0.2, -0.15) is 12.6 Å². The minimum atomic E-state index is -0.128. The molecule has 0 saturated carbocycles. The van der Waals surface area contributed by atoms with Crippen molar-refractivity contribution in [2.45, 2.75) is 6.54 Å². The quantitative estimate of drug-likeness (QED) is 0.718. The Morgan fingerprint density at radius 3 is 2.46 bits per heavy atom. The van der Waals surface area contributed by atoms with Crippen molar-refractivity contribution < 1.29 is 4.39 Å². The molecule has 1 saturated heterocycles. The number of aromatic nitrogens is 1. The highest BCUT2D eigenvalue weighted by molar-refractivity contribution is 7.80. The van der Waals surface area contributed by atoms with E-state index in [1.165, 1.54) is 6.07 Å². The molecule has 1 aliphatic rings. The van der Waals surface area contributed by atoms with Gasteiger partial charge in [-0.3, -0.25) is 14.8 Å². The zero-order valence-electron chi connectivity index (χ0n) is 15.1. The first-order valence-corrected chi connectivity index (χ1v) is 9.84. The summed E-state index contributed by atoms with van der Waals surface area (Å²) in [5, 5.41) is 0. The van der Waals surface area contributed by atoms with E-state index in [4.69, 9.17) is 0 Å². The molecule has 0 spiro atoms. The lowest BCUT2D eigenvalue weighted by atomic mass is 10.2. The summed E-state index contributed by atoms with van der Waals surface area (Å²) in [5.41, 5.74) is 1.82. The first kappa shape index (κ1) is 19.1. The Morgan fingerprint density at radius 2 is 1.77 bits per heavy atom. The number of thiol groups is 1. The Kier molecular flexibility index (Phi) is 7.29. The monoisotopic (exact) mass is 374 g/mol. The summed E-state index contributed by atoms with van der Waals surface area (Å²) in [6, 6.07) is 13.1. The van der Waals surface area contributed by atoms with E-state index < -0.39 is 0 Å². The van der Waals surface area contributed by atoms with Gasteiger partial charge in [0.05, 0.1) is 11.4 Å². The highest BCUT2D eigenvalue weighted by atomic mass is 32.1. The molecule has 4 nitrogen and oxygen atoms in total. The molecule has 1 aromatic heterocycles. The second kappa shape index (κ2) is 9.90. The standard InChI is InChI=1S/C20H27FN4S/c21-19-6-1-2-7-20(19)25-13-11-23(12-14-25)9-10-24(15-16-26)17-18-5-3-4-8-22-18/h1-8,26H,9-17H2. The van der Waals surface area contributed by atoms with Crippen molar-refractivity contribution >= 4 is 18.3 Å². The average molecular weight is 375 g/mol. The van der Waals surface area contributed by atoms with Crippen LogP contribution in [0, 0.1) is 5.82 Å². The number of benzene rings is 1. The number of hydrogen-bond acceptors (Lipinski definition) is 5. The van der Waals surface area contributed by atoms with Gasteiger partial charge in [-0.05, 0) is 24.3 Å². The summed E-state index contributed by atoms with van der Waals surface area (Å²) in [7, 11) is 0. The van der Waals surface area contributed by atoms with Gasteiger partial charge in [0.15, 0.2) is 0 Å². The molecule has 0 radical (unpaired) electrons. The Morgan fingerprint density at radius 1 is 1.00 bits per heavy atom. The second-order valence-electron chi connectivity index (χ2n) is 6.60. The molecule has 140 valence electrons. The molecule has 3 rings (SSSR count). The smallest absolute Gasteiger partial charge is 0.146 e. The van der Waals surface area contributed by atoms with Crippen LogP contribution in [0.2, 0.25) is 0 Å². The number of para-hydroxylation sites is 1. The van der Waals surface area contributed by atoms with Crippen LogP contribution in [-0.4, -0.2) is 66.3 Å². The van der Waals surface area contributed by atoms with Crippen molar-refractivity contribution in [2.24, 2.45) is 0 Å². The number of nitrogens with zero attached hydrogens (tertiary/aromatic N) is 4. The Balaban J connectivity index is 1.46. The molecule has 2 heterocycles. The fourth-order valence-corrected chi connectivity index (χ4v) is 3.62. The Labute approximate surface area is 161 Å². The maximum atomic E-state index is 13.9. The molecule has 0 unspecified atom stereocenters. The highest BCUT2D eigenvalue weighted by Crippen LogP contribution is 2.20. The van der Waals surface area contributed by atoms with Crippen LogP contribution in [0.5, 0.6) is 0 Å². The molecule has 0 N–H and O–H groups in total. The topological polar surface area (TPSA) is 22.6 Å². The lowest BCUT2D eigenvalue weighted by Crippen LogP contribution is -2.48. The lowest BCUT2D eigenvalue weighted by molar-refractivity contribution is 0.196. The van der Waals surface area contributed by atoms with E-state index in [0.29, 0.717) is 0 Å². The van der Waals surface area contributed by atoms with Gasteiger partial charge in [-0.25, -0.2) is 4.39 Å². The normalized spacial score (nSPS) is 15.6. The third-order valence-electron chi connectivity index (χ3n) is 4.83. The van der Waals surface area contributed by atoms with Crippen LogP contribution < -0.4 is 4.90 Å². The third kappa shape index (κ3) is 5.43. The second-order valence-corrected chi connectivity index (χ2v) is 7.05. The molecule has 0 amide bonds. The summed E-state index contributed by atoms with van der Waals surface area (Å²) in [6.07, 6.45) is 1.84. The average Bonchev–Trinajstić information content (AvgIpc) is 2.68. The molecule has 1 aliphatic heterocycles. The SMILES string of the molecule is Fc1ccccc1N1CCN(CCN(CCS)Cc2ccccn2)CC1. The van der Waals surface area contributed by atoms with E-state index in [2.05, 4.69) is 38.4 Å². The molecule has 2 aromatic rings. The van der Waals surface area contributed by atoms with Gasteiger partial charge in [0.1, 0.15) is 5.82 Å². The van der Waals surface area contributed by atoms with Crippen molar-refractivity contribution in [3.63, 3.8) is 0 Å². The van der Waals surface area contributed by atoms with Crippen molar-refractivity contribution in [3.8, 4) is 0 Å². The van der Waals surface area contributed by atoms with Crippen molar-refractivity contribution in [1.82, 2.24) is 14.8 Å². The van der Waals surface area contributed by atoms with Gasteiger partial charge < -0.3 is 4.90 Å². The number of halogens is 1. The Bertz CT molecular complexity index is 662. The van der Waals surface area contributed by atoms with Gasteiger partial charge in [0, 0.05) is 64.3 Å². The van der Waals surface area contributed by atoms with Crippen LogP contribution in [0.3, 0.4) is 0 Å². The van der Waals surface area contributed by atoms with Crippen LogP contribution >= 0.6 is 12.6 Å². The van der Waals surface area contributed by atoms with Gasteiger partial charge >= 0.3 is 0 Å². The van der Waals surface area contributed by atoms with Gasteiger partial charge in [0.2, 0.25) is 0 Å². The van der Waals surface area contributed by atoms with Gasteiger partial charge in [0.25, 0.3) is 0 Å². The van der Waals surface area contributed by atoms with Crippen LogP contribution in [0.4, 0.5) is 10.1 Å². The van der Waals surface area contributed by atoms with Crippen molar-refractivity contribution in [2.75, 3.05) is 56.5 Å². The van der Waals surface area contributed by atoms with E-state index in [-0.39, 0.29) is 5.82 Å². The van der Waals surface area contributed by atoms with Crippen LogP contribution in [0.25, 0.3) is 0 Å². The van der Waals surface area contributed by atoms with Crippen LogP contribution in [0.15, 0.2) is 48.7 Å². The summed E-state index contributed by atoms with van der Waals surface area (Å²) < 4.78 is 13.9. The van der Waals surface area contributed by atoms with Gasteiger partial charge in [-0.1, -0.05) is 18.2 Å². The van der Waals surface area contributed by atoms with Crippen molar-refractivity contribution in [1.29, 1.82) is 0 Å². The minimum absolute atomic E-state index is 0.128. The van der Waals surface area contributed by atoms with E-state index in [1.54, 1.807) is 6.07 Å². The molecule has 0 atom stereocenters. The molecule has 1 aromatic carbocycles. The van der Waals surface area contributed by atoms with Gasteiger partial charge in [-0.15, -0.1) is 0 Å². The summed E-state index contributed by atoms with van der Waals surface area (Å²) in [6.45, 7) is 7.49. The largest absolute Gasteiger partial charge is 0.367 e. The van der Waals surface area contributed by atoms with E-state index in [0.717, 1.165) is 69.5 Å². The summed E-state index contributed by atoms with van der Waals surface area (Å²) in [5.74, 6) is 0.713. The fourth-order valence-electron chi connectivity index (χ4n) is 3.34. The number of anilines is 1. The maximum absolute atomic E-state index is 13.9. The zero-order chi connectivity index (χ0) is 18.2. The van der Waals surface area contributed by atoms with E-state index in [9.17, 15) is 4.39 Å². The van der Waals surface area contributed by atoms with Crippen LogP contribution in [-0.2, 0) is 6.54 Å². The molecular formula is C20H27FN4S. The Hall–Kier alpha value is -1.63. The van der Waals surface area contributed by atoms with Crippen LogP contribution in [0.1, 0.15) is 5.69 Å². The molecule has 6 heteroatoms. The maximum Gasteiger partial charge on any atom is 0.146 e. The summed E-state index contributed by atoms with van der Waals surface area (Å²) >= 11 is 4.39. The predicted molar refractivity (Wildman–Crippen MR) is 108 cm³/mol. The molecule has 26 heavy (non-hydrogen) atoms. The van der Waals surface area contributed by atoms with E-state index >= 15 is 0 Å². The number of piperazine rings is 1. The lowest BCUT2D eigenvalue weighted by Gasteiger charge is -2.37. The molecule has 1 fully saturated rings.